The molecule has 8 nitrogen and oxygen atoms in total. The van der Waals surface area contributed by atoms with Crippen LogP contribution in [0.1, 0.15) is 11.1 Å². The molecule has 1 heterocycles. The maximum atomic E-state index is 11.1. The minimum atomic E-state index is -0.452. The monoisotopic (exact) mass is 565 g/mol. The molecule has 4 aromatic carbocycles. The van der Waals surface area contributed by atoms with Crippen LogP contribution in [0.25, 0.3) is 22.4 Å². The third-order valence-corrected chi connectivity index (χ3v) is 6.17. The Morgan fingerprint density at radius 3 is 2.37 bits per heavy atom. The van der Waals surface area contributed by atoms with Gasteiger partial charge in [-0.15, -0.1) is 0 Å². The molecule has 0 aliphatic heterocycles. The van der Waals surface area contributed by atoms with Crippen molar-refractivity contribution in [3.05, 3.63) is 129 Å². The molecule has 38 heavy (non-hydrogen) atoms. The molecule has 0 unspecified atom stereocenters. The van der Waals surface area contributed by atoms with E-state index in [1.807, 2.05) is 42.5 Å². The van der Waals surface area contributed by atoms with E-state index in [1.54, 1.807) is 36.5 Å². The number of phenols is 1. The molecular formula is C29H20BrN5O3. The molecule has 186 valence electrons. The molecule has 0 radical (unpaired) electrons. The lowest BCUT2D eigenvalue weighted by atomic mass is 10.0. The second kappa shape index (κ2) is 11.0. The van der Waals surface area contributed by atoms with Gasteiger partial charge in [-0.25, -0.2) is 14.7 Å². The van der Waals surface area contributed by atoms with Crippen molar-refractivity contribution in [2.45, 2.75) is 0 Å². The number of hydrogen-bond acceptors (Lipinski definition) is 6. The fourth-order valence-electron chi connectivity index (χ4n) is 3.74. The van der Waals surface area contributed by atoms with Crippen LogP contribution >= 0.6 is 15.9 Å². The molecule has 0 bridgehead atoms. The molecule has 1 N–H and O–H groups in total. The number of nitro benzene ring substituents is 1. The van der Waals surface area contributed by atoms with Crippen LogP contribution in [0.2, 0.25) is 0 Å². The first-order valence-electron chi connectivity index (χ1n) is 11.5. The van der Waals surface area contributed by atoms with Gasteiger partial charge < -0.3 is 5.11 Å². The van der Waals surface area contributed by atoms with Gasteiger partial charge in [0.1, 0.15) is 5.75 Å². The van der Waals surface area contributed by atoms with Gasteiger partial charge in [-0.3, -0.25) is 10.1 Å². The molecule has 0 saturated heterocycles. The summed E-state index contributed by atoms with van der Waals surface area (Å²) in [6.07, 6.45) is 4.75. The van der Waals surface area contributed by atoms with Crippen molar-refractivity contribution in [2.24, 2.45) is 10.1 Å². The molecule has 0 spiro atoms. The first kappa shape index (κ1) is 24.8. The minimum absolute atomic E-state index is 0.0258. The minimum Gasteiger partial charge on any atom is -0.507 e. The highest BCUT2D eigenvalue weighted by Crippen LogP contribution is 2.27. The van der Waals surface area contributed by atoms with Crippen LogP contribution in [-0.4, -0.2) is 32.1 Å². The molecular weight excluding hydrogens is 546 g/mol. The maximum Gasteiger partial charge on any atom is 0.270 e. The average Bonchev–Trinajstić information content (AvgIpc) is 3.36. The number of aliphatic imine (C=N–C) groups is 1. The van der Waals surface area contributed by atoms with E-state index < -0.39 is 4.92 Å². The number of benzene rings is 4. The Balaban J connectivity index is 1.51. The van der Waals surface area contributed by atoms with E-state index in [4.69, 9.17) is 0 Å². The van der Waals surface area contributed by atoms with Crippen molar-refractivity contribution in [1.29, 1.82) is 0 Å². The second-order valence-electron chi connectivity index (χ2n) is 8.27. The number of hydrogen-bond donors (Lipinski definition) is 1. The summed E-state index contributed by atoms with van der Waals surface area (Å²) in [6.45, 7) is 0. The zero-order valence-electron chi connectivity index (χ0n) is 19.8. The van der Waals surface area contributed by atoms with Crippen molar-refractivity contribution in [3.63, 3.8) is 0 Å². The molecule has 0 saturated carbocycles. The number of phenolic OH excluding ortho intramolecular Hbond substituents is 1. The second-order valence-corrected chi connectivity index (χ2v) is 9.19. The van der Waals surface area contributed by atoms with Crippen LogP contribution in [0.5, 0.6) is 5.75 Å². The van der Waals surface area contributed by atoms with Crippen molar-refractivity contribution in [1.82, 2.24) is 9.66 Å². The number of rotatable bonds is 7. The Hall–Kier alpha value is -4.89. The molecule has 0 aliphatic rings. The van der Waals surface area contributed by atoms with Gasteiger partial charge in [0.2, 0.25) is 0 Å². The summed E-state index contributed by atoms with van der Waals surface area (Å²) in [5.41, 5.74) is 4.75. The molecule has 5 rings (SSSR count). The van der Waals surface area contributed by atoms with Crippen LogP contribution in [0, 0.1) is 10.1 Å². The summed E-state index contributed by atoms with van der Waals surface area (Å²) >= 11 is 3.40. The number of imidazole rings is 1. The quantitative estimate of drug-likeness (QED) is 0.127. The summed E-state index contributed by atoms with van der Waals surface area (Å²) in [5, 5.41) is 25.8. The van der Waals surface area contributed by atoms with Crippen molar-refractivity contribution in [3.8, 4) is 28.1 Å². The zero-order chi connectivity index (χ0) is 26.5. The Morgan fingerprint density at radius 2 is 1.61 bits per heavy atom. The summed E-state index contributed by atoms with van der Waals surface area (Å²) in [4.78, 5) is 19.8. The van der Waals surface area contributed by atoms with E-state index in [-0.39, 0.29) is 17.4 Å². The zero-order valence-corrected chi connectivity index (χ0v) is 21.4. The summed E-state index contributed by atoms with van der Waals surface area (Å²) in [5.74, 6) is 0.347. The van der Waals surface area contributed by atoms with Gasteiger partial charge in [-0.05, 0) is 29.3 Å². The molecule has 0 fully saturated rings. The molecule has 5 aromatic rings. The van der Waals surface area contributed by atoms with E-state index in [1.165, 1.54) is 29.2 Å². The van der Waals surface area contributed by atoms with Gasteiger partial charge >= 0.3 is 0 Å². The number of non-ortho nitro benzene ring substituents is 1. The van der Waals surface area contributed by atoms with Crippen molar-refractivity contribution in [2.75, 3.05) is 0 Å². The topological polar surface area (TPSA) is 106 Å². The maximum absolute atomic E-state index is 11.1. The third kappa shape index (κ3) is 5.74. The van der Waals surface area contributed by atoms with Crippen LogP contribution in [-0.2, 0) is 0 Å². The SMILES string of the molecule is O=[N+]([O-])c1cccc(C=Nn2cc(-c3ccc(-c4ccccc4)cc3)nc2/N=C/c2cc(Br)ccc2O)c1. The Kier molecular flexibility index (Phi) is 7.19. The van der Waals surface area contributed by atoms with Crippen LogP contribution in [0.3, 0.4) is 0 Å². The smallest absolute Gasteiger partial charge is 0.270 e. The van der Waals surface area contributed by atoms with Crippen LogP contribution in [0.15, 0.2) is 118 Å². The highest BCUT2D eigenvalue weighted by Gasteiger charge is 2.10. The average molecular weight is 566 g/mol. The molecule has 9 heteroatoms. The van der Waals surface area contributed by atoms with Crippen LogP contribution in [0.4, 0.5) is 11.6 Å². The summed E-state index contributed by atoms with van der Waals surface area (Å²) in [7, 11) is 0. The Labute approximate surface area is 226 Å². The number of aromatic nitrogens is 2. The van der Waals surface area contributed by atoms with E-state index in [2.05, 4.69) is 43.1 Å². The third-order valence-electron chi connectivity index (χ3n) is 5.68. The first-order valence-corrected chi connectivity index (χ1v) is 12.3. The standard InChI is InChI=1S/C29H20BrN5O3/c30-25-13-14-28(36)24(16-25)18-31-29-33-27(23-11-9-22(10-12-23)21-6-2-1-3-7-21)19-34(29)32-17-20-5-4-8-26(15-20)35(37)38/h1-19,36H/b31-18+,32-17?. The van der Waals surface area contributed by atoms with Gasteiger partial charge in [0.25, 0.3) is 11.6 Å². The van der Waals surface area contributed by atoms with Gasteiger partial charge in [0.15, 0.2) is 0 Å². The van der Waals surface area contributed by atoms with Crippen molar-refractivity contribution >= 4 is 40.0 Å². The highest BCUT2D eigenvalue weighted by molar-refractivity contribution is 9.10. The van der Waals surface area contributed by atoms with Crippen LogP contribution < -0.4 is 0 Å². The molecule has 0 aliphatic carbocycles. The fourth-order valence-corrected chi connectivity index (χ4v) is 4.12. The van der Waals surface area contributed by atoms with E-state index >= 15 is 0 Å². The number of halogens is 1. The van der Waals surface area contributed by atoms with E-state index in [9.17, 15) is 15.2 Å². The summed E-state index contributed by atoms with van der Waals surface area (Å²) < 4.78 is 2.29. The van der Waals surface area contributed by atoms with E-state index in [0.717, 1.165) is 21.2 Å². The number of aromatic hydroxyl groups is 1. The van der Waals surface area contributed by atoms with Gasteiger partial charge in [-0.2, -0.15) is 5.10 Å². The number of nitrogens with zero attached hydrogens (tertiary/aromatic N) is 5. The van der Waals surface area contributed by atoms with Crippen molar-refractivity contribution < 1.29 is 10.0 Å². The molecule has 1 aromatic heterocycles. The highest BCUT2D eigenvalue weighted by atomic mass is 79.9. The fraction of sp³-hybridized carbons (Fsp3) is 0. The van der Waals surface area contributed by atoms with Gasteiger partial charge in [-0.1, -0.05) is 82.7 Å². The lowest BCUT2D eigenvalue weighted by Crippen LogP contribution is -1.92. The predicted octanol–water partition coefficient (Wildman–Crippen LogP) is 7.23. The lowest BCUT2D eigenvalue weighted by Gasteiger charge is -2.02. The largest absolute Gasteiger partial charge is 0.507 e. The lowest BCUT2D eigenvalue weighted by molar-refractivity contribution is -0.384. The Bertz CT molecular complexity index is 1660. The molecule has 0 amide bonds. The van der Waals surface area contributed by atoms with E-state index in [0.29, 0.717) is 16.8 Å². The van der Waals surface area contributed by atoms with Gasteiger partial charge in [0, 0.05) is 39.5 Å². The van der Waals surface area contributed by atoms with Gasteiger partial charge in [0.05, 0.1) is 23.0 Å². The summed E-state index contributed by atoms with van der Waals surface area (Å²) in [6, 6.07) is 29.3. The Morgan fingerprint density at radius 1 is 0.868 bits per heavy atom. The normalized spacial score (nSPS) is 11.4. The predicted molar refractivity (Wildman–Crippen MR) is 152 cm³/mol. The number of nitro groups is 1. The first-order chi connectivity index (χ1) is 18.5. The molecule has 0 atom stereocenters.